The topological polar surface area (TPSA) is 41.6 Å². The number of nitriles is 1. The van der Waals surface area contributed by atoms with Crippen molar-refractivity contribution < 1.29 is 0 Å². The largest absolute Gasteiger partial charge is 0.270 e. The fraction of sp³-hybridized carbons (Fsp3) is 0.333. The van der Waals surface area contributed by atoms with E-state index in [1.54, 1.807) is 0 Å². The molecule has 0 radical (unpaired) electrons. The maximum absolute atomic E-state index is 9.22. The van der Waals surface area contributed by atoms with Crippen LogP contribution in [0.3, 0.4) is 0 Å². The van der Waals surface area contributed by atoms with Crippen LogP contribution in [0.15, 0.2) is 24.3 Å². The molecule has 3 heteroatoms. The number of hydrogen-bond acceptors (Lipinski definition) is 2. The molecule has 1 aromatic carbocycles. The summed E-state index contributed by atoms with van der Waals surface area (Å²) in [6, 6.07) is 10.4. The van der Waals surface area contributed by atoms with E-state index >= 15 is 0 Å². The van der Waals surface area contributed by atoms with Crippen molar-refractivity contribution in [1.82, 2.24) is 9.78 Å². The Morgan fingerprint density at radius 1 is 1.40 bits per heavy atom. The second-order valence-electron chi connectivity index (χ2n) is 4.18. The van der Waals surface area contributed by atoms with Gasteiger partial charge in [0.1, 0.15) is 0 Å². The molecule has 1 saturated carbocycles. The summed E-state index contributed by atoms with van der Waals surface area (Å²) in [5.41, 5.74) is 1.81. The fourth-order valence-electron chi connectivity index (χ4n) is 2.24. The Morgan fingerprint density at radius 3 is 2.80 bits per heavy atom. The van der Waals surface area contributed by atoms with Gasteiger partial charge in [-0.1, -0.05) is 18.2 Å². The summed E-state index contributed by atoms with van der Waals surface area (Å²) >= 11 is 0. The summed E-state index contributed by atoms with van der Waals surface area (Å²) in [6.07, 6.45) is 1.93. The lowest BCUT2D eigenvalue weighted by Crippen LogP contribution is -2.10. The molecule has 1 aliphatic rings. The number of aromatic nitrogens is 2. The highest BCUT2D eigenvalue weighted by molar-refractivity contribution is 5.83. The molecule has 0 bridgehead atoms. The zero-order chi connectivity index (χ0) is 10.5. The van der Waals surface area contributed by atoms with Crippen molar-refractivity contribution in [1.29, 1.82) is 5.26 Å². The number of fused-ring (bicyclic) bond motifs is 1. The maximum Gasteiger partial charge on any atom is 0.0997 e. The van der Waals surface area contributed by atoms with E-state index in [9.17, 15) is 5.26 Å². The first-order valence-electron chi connectivity index (χ1n) is 5.10. The average molecular weight is 197 g/mol. The first kappa shape index (κ1) is 8.49. The van der Waals surface area contributed by atoms with Gasteiger partial charge in [0.25, 0.3) is 0 Å². The Kier molecular flexibility index (Phi) is 1.47. The average Bonchev–Trinajstić information content (AvgIpc) is 2.95. The minimum atomic E-state index is -0.259. The van der Waals surface area contributed by atoms with E-state index in [2.05, 4.69) is 17.2 Å². The molecule has 3 nitrogen and oxygen atoms in total. The van der Waals surface area contributed by atoms with E-state index in [4.69, 9.17) is 0 Å². The Hall–Kier alpha value is -1.82. The lowest BCUT2D eigenvalue weighted by molar-refractivity contribution is 0.683. The van der Waals surface area contributed by atoms with Gasteiger partial charge in [0.15, 0.2) is 0 Å². The van der Waals surface area contributed by atoms with Gasteiger partial charge < -0.3 is 0 Å². The van der Waals surface area contributed by atoms with E-state index < -0.39 is 0 Å². The molecular weight excluding hydrogens is 186 g/mol. The molecule has 2 aromatic rings. The second-order valence-corrected chi connectivity index (χ2v) is 4.18. The van der Waals surface area contributed by atoms with Crippen molar-refractivity contribution in [3.05, 3.63) is 30.0 Å². The minimum Gasteiger partial charge on any atom is -0.270 e. The molecule has 74 valence electrons. The van der Waals surface area contributed by atoms with Crippen LogP contribution in [0.25, 0.3) is 10.9 Å². The van der Waals surface area contributed by atoms with Gasteiger partial charge in [-0.25, -0.2) is 0 Å². The monoisotopic (exact) mass is 197 g/mol. The minimum absolute atomic E-state index is 0.259. The summed E-state index contributed by atoms with van der Waals surface area (Å²) in [4.78, 5) is 0. The van der Waals surface area contributed by atoms with Gasteiger partial charge in [-0.3, -0.25) is 4.68 Å². The van der Waals surface area contributed by atoms with Crippen LogP contribution in [0.1, 0.15) is 18.5 Å². The number of aryl methyl sites for hydroxylation is 1. The molecule has 0 saturated heterocycles. The zero-order valence-corrected chi connectivity index (χ0v) is 8.57. The van der Waals surface area contributed by atoms with Crippen molar-refractivity contribution in [3.8, 4) is 6.07 Å². The van der Waals surface area contributed by atoms with Crippen LogP contribution in [-0.2, 0) is 12.5 Å². The molecule has 1 aromatic heterocycles. The number of rotatable bonds is 1. The molecule has 1 fully saturated rings. The number of benzene rings is 1. The van der Waals surface area contributed by atoms with Gasteiger partial charge in [-0.05, 0) is 18.9 Å². The van der Waals surface area contributed by atoms with Gasteiger partial charge in [0, 0.05) is 12.4 Å². The van der Waals surface area contributed by atoms with E-state index in [1.165, 1.54) is 0 Å². The summed E-state index contributed by atoms with van der Waals surface area (Å²) in [5.74, 6) is 0. The first-order chi connectivity index (χ1) is 7.27. The molecule has 0 aliphatic heterocycles. The molecule has 1 heterocycles. The standard InChI is InChI=1S/C12H11N3/c1-15-11(12(8-13)6-7-12)9-4-2-3-5-10(9)14-15/h2-5H,6-7H2,1H3. The predicted octanol–water partition coefficient (Wildman–Crippen LogP) is 2.13. The van der Waals surface area contributed by atoms with Crippen molar-refractivity contribution in [2.75, 3.05) is 0 Å². The smallest absolute Gasteiger partial charge is 0.0997 e. The number of hydrogen-bond donors (Lipinski definition) is 0. The van der Waals surface area contributed by atoms with Crippen LogP contribution in [0, 0.1) is 11.3 Å². The van der Waals surface area contributed by atoms with Gasteiger partial charge in [-0.2, -0.15) is 10.4 Å². The maximum atomic E-state index is 9.22. The van der Waals surface area contributed by atoms with Gasteiger partial charge >= 0.3 is 0 Å². The van der Waals surface area contributed by atoms with Gasteiger partial charge in [0.05, 0.1) is 22.7 Å². The zero-order valence-electron chi connectivity index (χ0n) is 8.57. The quantitative estimate of drug-likeness (QED) is 0.702. The fourth-order valence-corrected chi connectivity index (χ4v) is 2.24. The Balaban J connectivity index is 2.35. The van der Waals surface area contributed by atoms with Crippen molar-refractivity contribution in [3.63, 3.8) is 0 Å². The van der Waals surface area contributed by atoms with Crippen molar-refractivity contribution in [2.45, 2.75) is 18.3 Å². The van der Waals surface area contributed by atoms with Gasteiger partial charge in [0.2, 0.25) is 0 Å². The molecule has 0 amide bonds. The lowest BCUT2D eigenvalue weighted by atomic mass is 10.0. The van der Waals surface area contributed by atoms with Crippen LogP contribution in [0.4, 0.5) is 0 Å². The van der Waals surface area contributed by atoms with Crippen molar-refractivity contribution >= 4 is 10.9 Å². The SMILES string of the molecule is Cn1nc2ccccc2c1C1(C#N)CC1. The van der Waals surface area contributed by atoms with Crippen LogP contribution in [0.2, 0.25) is 0 Å². The molecule has 0 spiro atoms. The van der Waals surface area contributed by atoms with Crippen LogP contribution in [-0.4, -0.2) is 9.78 Å². The summed E-state index contributed by atoms with van der Waals surface area (Å²) in [5, 5.41) is 14.8. The highest BCUT2D eigenvalue weighted by Crippen LogP contribution is 2.49. The van der Waals surface area contributed by atoms with Crippen LogP contribution >= 0.6 is 0 Å². The normalized spacial score (nSPS) is 17.6. The van der Waals surface area contributed by atoms with Gasteiger partial charge in [-0.15, -0.1) is 0 Å². The molecule has 1 aliphatic carbocycles. The highest BCUT2D eigenvalue weighted by atomic mass is 15.3. The summed E-state index contributed by atoms with van der Waals surface area (Å²) < 4.78 is 1.86. The molecular formula is C12H11N3. The Morgan fingerprint density at radius 2 is 2.13 bits per heavy atom. The lowest BCUT2D eigenvalue weighted by Gasteiger charge is -2.06. The van der Waals surface area contributed by atoms with E-state index in [0.717, 1.165) is 29.4 Å². The Bertz CT molecular complexity index is 570. The van der Waals surface area contributed by atoms with E-state index in [1.807, 2.05) is 29.9 Å². The summed E-state index contributed by atoms with van der Waals surface area (Å²) in [7, 11) is 1.92. The third-order valence-corrected chi connectivity index (χ3v) is 3.16. The number of nitrogens with zero attached hydrogens (tertiary/aromatic N) is 3. The predicted molar refractivity (Wildman–Crippen MR) is 57.2 cm³/mol. The second kappa shape index (κ2) is 2.60. The molecule has 15 heavy (non-hydrogen) atoms. The van der Waals surface area contributed by atoms with E-state index in [-0.39, 0.29) is 5.41 Å². The highest BCUT2D eigenvalue weighted by Gasteiger charge is 2.48. The summed E-state index contributed by atoms with van der Waals surface area (Å²) in [6.45, 7) is 0. The molecule has 0 N–H and O–H groups in total. The third-order valence-electron chi connectivity index (χ3n) is 3.16. The molecule has 0 atom stereocenters. The van der Waals surface area contributed by atoms with Crippen LogP contribution in [0.5, 0.6) is 0 Å². The third kappa shape index (κ3) is 1.02. The Labute approximate surface area is 87.9 Å². The van der Waals surface area contributed by atoms with Crippen LogP contribution < -0.4 is 0 Å². The van der Waals surface area contributed by atoms with E-state index in [0.29, 0.717) is 0 Å². The van der Waals surface area contributed by atoms with Crippen molar-refractivity contribution in [2.24, 2.45) is 7.05 Å². The first-order valence-corrected chi connectivity index (χ1v) is 5.10. The molecule has 3 rings (SSSR count). The molecule has 0 unspecified atom stereocenters.